The fraction of sp³-hybridized carbons (Fsp3) is 1.00. The van der Waals surface area contributed by atoms with Gasteiger partial charge in [-0.3, -0.25) is 0 Å². The number of hydrogen-bond acceptors (Lipinski definition) is 1. The summed E-state index contributed by atoms with van der Waals surface area (Å²) < 4.78 is 0. The molecule has 0 aliphatic heterocycles. The smallest absolute Gasteiger partial charge is 0.0617 e. The molecule has 0 bridgehead atoms. The fourth-order valence-electron chi connectivity index (χ4n) is 1.82. The lowest BCUT2D eigenvalue weighted by Crippen LogP contribution is -2.22. The van der Waals surface area contributed by atoms with Gasteiger partial charge in [-0.1, -0.05) is 65.2 Å². The summed E-state index contributed by atoms with van der Waals surface area (Å²) in [4.78, 5) is 0. The summed E-state index contributed by atoms with van der Waals surface area (Å²) in [6.07, 6.45) is 12.6. The summed E-state index contributed by atoms with van der Waals surface area (Å²) >= 11 is 0. The van der Waals surface area contributed by atoms with E-state index in [2.05, 4.69) is 13.8 Å². The molecule has 1 N–H and O–H groups in total. The number of hydrogen-bond donors (Lipinski definition) is 1. The average Bonchev–Trinajstić information content (AvgIpc) is 2.22. The first kappa shape index (κ1) is 15.0. The second-order valence-corrected chi connectivity index (χ2v) is 5.08. The zero-order valence-corrected chi connectivity index (χ0v) is 11.0. The molecule has 1 heteroatoms. The highest BCUT2D eigenvalue weighted by atomic mass is 16.3. The van der Waals surface area contributed by atoms with Gasteiger partial charge in [-0.25, -0.2) is 0 Å². The summed E-state index contributed by atoms with van der Waals surface area (Å²) in [7, 11) is 0. The van der Waals surface area contributed by atoms with Crippen LogP contribution in [-0.2, 0) is 0 Å². The molecule has 0 spiro atoms. The number of unbranched alkanes of at least 4 members (excludes halogenated alkanes) is 7. The van der Waals surface area contributed by atoms with E-state index in [1.807, 2.05) is 6.92 Å². The van der Waals surface area contributed by atoms with Crippen LogP contribution in [-0.4, -0.2) is 10.7 Å². The van der Waals surface area contributed by atoms with Gasteiger partial charge >= 0.3 is 0 Å². The van der Waals surface area contributed by atoms with Crippen molar-refractivity contribution in [3.8, 4) is 0 Å². The molecular formula is C14H30O. The van der Waals surface area contributed by atoms with Gasteiger partial charge in [0.05, 0.1) is 5.60 Å². The van der Waals surface area contributed by atoms with Crippen molar-refractivity contribution >= 4 is 0 Å². The molecule has 1 atom stereocenters. The molecule has 0 aromatic rings. The van der Waals surface area contributed by atoms with Crippen molar-refractivity contribution in [2.24, 2.45) is 0 Å². The molecule has 0 aromatic carbocycles. The molecular weight excluding hydrogens is 184 g/mol. The zero-order valence-electron chi connectivity index (χ0n) is 11.0. The van der Waals surface area contributed by atoms with Gasteiger partial charge in [0.1, 0.15) is 0 Å². The Balaban J connectivity index is 3.11. The first-order valence-corrected chi connectivity index (χ1v) is 6.84. The Morgan fingerprint density at radius 1 is 0.800 bits per heavy atom. The number of rotatable bonds is 10. The topological polar surface area (TPSA) is 20.2 Å². The molecule has 0 aromatic heterocycles. The minimum atomic E-state index is -0.414. The van der Waals surface area contributed by atoms with Gasteiger partial charge in [0.2, 0.25) is 0 Å². The van der Waals surface area contributed by atoms with E-state index in [1.54, 1.807) is 0 Å². The third-order valence-corrected chi connectivity index (χ3v) is 3.33. The molecule has 1 nitrogen and oxygen atoms in total. The van der Waals surface area contributed by atoms with Crippen molar-refractivity contribution in [2.75, 3.05) is 0 Å². The molecule has 0 amide bonds. The lowest BCUT2D eigenvalue weighted by atomic mass is 9.95. The molecule has 92 valence electrons. The quantitative estimate of drug-likeness (QED) is 0.524. The lowest BCUT2D eigenvalue weighted by Gasteiger charge is -2.20. The molecule has 0 saturated heterocycles. The highest BCUT2D eigenvalue weighted by Crippen LogP contribution is 2.18. The SMILES string of the molecule is CCCCCCCCCCC(C)(O)CC. The summed E-state index contributed by atoms with van der Waals surface area (Å²) in [5.74, 6) is 0. The van der Waals surface area contributed by atoms with Gasteiger partial charge in [-0.05, 0) is 19.8 Å². The van der Waals surface area contributed by atoms with Crippen molar-refractivity contribution in [3.63, 3.8) is 0 Å². The van der Waals surface area contributed by atoms with E-state index in [9.17, 15) is 5.11 Å². The van der Waals surface area contributed by atoms with E-state index >= 15 is 0 Å². The van der Waals surface area contributed by atoms with Crippen LogP contribution in [0.25, 0.3) is 0 Å². The highest BCUT2D eigenvalue weighted by molar-refractivity contribution is 4.69. The molecule has 0 radical (unpaired) electrons. The van der Waals surface area contributed by atoms with Crippen molar-refractivity contribution < 1.29 is 5.11 Å². The van der Waals surface area contributed by atoms with Crippen LogP contribution in [0.1, 0.15) is 85.0 Å². The maximum Gasteiger partial charge on any atom is 0.0617 e. The molecule has 0 saturated carbocycles. The van der Waals surface area contributed by atoms with Crippen molar-refractivity contribution in [2.45, 2.75) is 90.6 Å². The van der Waals surface area contributed by atoms with E-state index in [0.717, 1.165) is 12.8 Å². The molecule has 15 heavy (non-hydrogen) atoms. The summed E-state index contributed by atoms with van der Waals surface area (Å²) in [6, 6.07) is 0. The zero-order chi connectivity index (χ0) is 11.6. The van der Waals surface area contributed by atoms with E-state index in [0.29, 0.717) is 0 Å². The van der Waals surface area contributed by atoms with Crippen molar-refractivity contribution in [1.82, 2.24) is 0 Å². The molecule has 0 aliphatic carbocycles. The van der Waals surface area contributed by atoms with Crippen molar-refractivity contribution in [1.29, 1.82) is 0 Å². The number of aliphatic hydroxyl groups is 1. The Bertz CT molecular complexity index is 129. The molecule has 1 unspecified atom stereocenters. The summed E-state index contributed by atoms with van der Waals surface area (Å²) in [6.45, 7) is 6.27. The van der Waals surface area contributed by atoms with Gasteiger partial charge in [0.25, 0.3) is 0 Å². The van der Waals surface area contributed by atoms with Crippen LogP contribution < -0.4 is 0 Å². The van der Waals surface area contributed by atoms with Gasteiger partial charge in [0.15, 0.2) is 0 Å². The predicted octanol–water partition coefficient (Wildman–Crippen LogP) is 4.68. The minimum Gasteiger partial charge on any atom is -0.390 e. The van der Waals surface area contributed by atoms with Gasteiger partial charge in [-0.2, -0.15) is 0 Å². The van der Waals surface area contributed by atoms with Crippen LogP contribution in [0.4, 0.5) is 0 Å². The van der Waals surface area contributed by atoms with Crippen molar-refractivity contribution in [3.05, 3.63) is 0 Å². The third-order valence-electron chi connectivity index (χ3n) is 3.33. The summed E-state index contributed by atoms with van der Waals surface area (Å²) in [5.41, 5.74) is -0.414. The Kier molecular flexibility index (Phi) is 9.18. The van der Waals surface area contributed by atoms with Crippen LogP contribution >= 0.6 is 0 Å². The standard InChI is InChI=1S/C14H30O/c1-4-6-7-8-9-10-11-12-13-14(3,15)5-2/h15H,4-13H2,1-3H3. The van der Waals surface area contributed by atoms with Gasteiger partial charge < -0.3 is 5.11 Å². The Labute approximate surface area is 96.3 Å². The lowest BCUT2D eigenvalue weighted by molar-refractivity contribution is 0.0442. The Morgan fingerprint density at radius 3 is 1.73 bits per heavy atom. The van der Waals surface area contributed by atoms with E-state index < -0.39 is 5.60 Å². The van der Waals surface area contributed by atoms with E-state index in [1.165, 1.54) is 51.4 Å². The fourth-order valence-corrected chi connectivity index (χ4v) is 1.82. The van der Waals surface area contributed by atoms with E-state index in [-0.39, 0.29) is 0 Å². The Morgan fingerprint density at radius 2 is 1.27 bits per heavy atom. The maximum atomic E-state index is 9.80. The summed E-state index contributed by atoms with van der Waals surface area (Å²) in [5, 5.41) is 9.80. The average molecular weight is 214 g/mol. The maximum absolute atomic E-state index is 9.80. The molecule has 0 rings (SSSR count). The largest absolute Gasteiger partial charge is 0.390 e. The molecule has 0 aliphatic rings. The highest BCUT2D eigenvalue weighted by Gasteiger charge is 2.15. The third kappa shape index (κ3) is 10.2. The van der Waals surface area contributed by atoms with Crippen LogP contribution in [0.2, 0.25) is 0 Å². The van der Waals surface area contributed by atoms with E-state index in [4.69, 9.17) is 0 Å². The second-order valence-electron chi connectivity index (χ2n) is 5.08. The van der Waals surface area contributed by atoms with Crippen LogP contribution in [0.3, 0.4) is 0 Å². The second kappa shape index (κ2) is 9.21. The molecule has 0 fully saturated rings. The normalized spacial score (nSPS) is 15.2. The first-order chi connectivity index (χ1) is 7.12. The van der Waals surface area contributed by atoms with Crippen LogP contribution in [0.15, 0.2) is 0 Å². The van der Waals surface area contributed by atoms with Gasteiger partial charge in [-0.15, -0.1) is 0 Å². The monoisotopic (exact) mass is 214 g/mol. The van der Waals surface area contributed by atoms with Crippen LogP contribution in [0, 0.1) is 0 Å². The minimum absolute atomic E-state index is 0.414. The first-order valence-electron chi connectivity index (χ1n) is 6.84. The predicted molar refractivity (Wildman–Crippen MR) is 68.1 cm³/mol. The van der Waals surface area contributed by atoms with Gasteiger partial charge in [0, 0.05) is 0 Å². The van der Waals surface area contributed by atoms with Crippen LogP contribution in [0.5, 0.6) is 0 Å². The molecule has 0 heterocycles. The Hall–Kier alpha value is -0.0400.